The van der Waals surface area contributed by atoms with Gasteiger partial charge in [0, 0.05) is 38.2 Å². The monoisotopic (exact) mass is 277 g/mol. The van der Waals surface area contributed by atoms with E-state index in [4.69, 9.17) is 4.74 Å². The number of hydrogen-bond donors (Lipinski definition) is 1. The van der Waals surface area contributed by atoms with Crippen LogP contribution in [-0.2, 0) is 15.1 Å². The van der Waals surface area contributed by atoms with Crippen molar-refractivity contribution in [2.45, 2.75) is 25.3 Å². The topological polar surface area (TPSA) is 71.5 Å². The molecule has 0 saturated carbocycles. The Balaban J connectivity index is 2.08. The van der Waals surface area contributed by atoms with Crippen LogP contribution in [0.25, 0.3) is 0 Å². The molecule has 1 saturated heterocycles. The van der Waals surface area contributed by atoms with Crippen LogP contribution in [0, 0.1) is 0 Å². The van der Waals surface area contributed by atoms with Crippen LogP contribution in [0.15, 0.2) is 24.5 Å². The van der Waals surface area contributed by atoms with E-state index in [0.717, 1.165) is 12.8 Å². The Morgan fingerprint density at radius 3 is 2.85 bits per heavy atom. The van der Waals surface area contributed by atoms with E-state index in [2.05, 4.69) is 10.3 Å². The first-order chi connectivity index (χ1) is 9.59. The molecule has 1 atom stereocenters. The Labute approximate surface area is 118 Å². The lowest BCUT2D eigenvalue weighted by molar-refractivity contribution is -0.131. The third-order valence-electron chi connectivity index (χ3n) is 3.49. The predicted molar refractivity (Wildman–Crippen MR) is 72.9 cm³/mol. The third kappa shape index (κ3) is 2.65. The van der Waals surface area contributed by atoms with Crippen molar-refractivity contribution in [1.29, 1.82) is 0 Å². The van der Waals surface area contributed by atoms with Gasteiger partial charge in [0.1, 0.15) is 5.54 Å². The van der Waals surface area contributed by atoms with Crippen molar-refractivity contribution in [2.75, 3.05) is 20.3 Å². The van der Waals surface area contributed by atoms with Gasteiger partial charge in [0.15, 0.2) is 0 Å². The highest BCUT2D eigenvalue weighted by Crippen LogP contribution is 2.28. The minimum absolute atomic E-state index is 0.229. The summed E-state index contributed by atoms with van der Waals surface area (Å²) in [5.41, 5.74) is -0.329. The number of unbranched alkanes of at least 4 members (excludes halogenated alkanes) is 1. The zero-order chi connectivity index (χ0) is 14.6. The molecule has 3 amide bonds. The molecule has 1 aliphatic rings. The number of aromatic nitrogens is 1. The number of nitrogens with one attached hydrogen (secondary N) is 1. The average Bonchev–Trinajstić information content (AvgIpc) is 2.68. The largest absolute Gasteiger partial charge is 0.385 e. The highest BCUT2D eigenvalue weighted by Gasteiger charge is 2.48. The molecule has 1 N–H and O–H groups in total. The van der Waals surface area contributed by atoms with E-state index in [-0.39, 0.29) is 11.9 Å². The Morgan fingerprint density at radius 1 is 1.40 bits per heavy atom. The fourth-order valence-electron chi connectivity index (χ4n) is 2.27. The standard InChI is InChI=1S/C14H19N3O3/c1-14(11-6-5-7-15-10-11)12(18)17(13(19)16-14)8-3-4-9-20-2/h5-7,10H,3-4,8-9H2,1-2H3,(H,16,19). The van der Waals surface area contributed by atoms with E-state index in [1.54, 1.807) is 38.6 Å². The number of amides is 3. The van der Waals surface area contributed by atoms with Crippen molar-refractivity contribution in [3.8, 4) is 0 Å². The number of urea groups is 1. The van der Waals surface area contributed by atoms with E-state index in [0.29, 0.717) is 18.7 Å². The van der Waals surface area contributed by atoms with Gasteiger partial charge in [-0.05, 0) is 25.8 Å². The second-order valence-corrected chi connectivity index (χ2v) is 4.95. The molecule has 1 aromatic rings. The Hall–Kier alpha value is -1.95. The summed E-state index contributed by atoms with van der Waals surface area (Å²) in [4.78, 5) is 29.7. The normalized spacial score (nSPS) is 22.2. The molecule has 2 heterocycles. The lowest BCUT2D eigenvalue weighted by Gasteiger charge is -2.21. The molecule has 1 aromatic heterocycles. The third-order valence-corrected chi connectivity index (χ3v) is 3.49. The first kappa shape index (κ1) is 14.5. The number of methoxy groups -OCH3 is 1. The number of rotatable bonds is 6. The van der Waals surface area contributed by atoms with Gasteiger partial charge in [-0.25, -0.2) is 4.79 Å². The molecule has 2 rings (SSSR count). The van der Waals surface area contributed by atoms with Gasteiger partial charge in [-0.15, -0.1) is 0 Å². The van der Waals surface area contributed by atoms with Crippen LogP contribution in [0.5, 0.6) is 0 Å². The van der Waals surface area contributed by atoms with Crippen molar-refractivity contribution in [3.63, 3.8) is 0 Å². The molecule has 6 nitrogen and oxygen atoms in total. The van der Waals surface area contributed by atoms with Crippen molar-refractivity contribution in [1.82, 2.24) is 15.2 Å². The molecule has 1 fully saturated rings. The molecule has 6 heteroatoms. The van der Waals surface area contributed by atoms with Gasteiger partial charge in [-0.1, -0.05) is 6.07 Å². The van der Waals surface area contributed by atoms with Crippen LogP contribution >= 0.6 is 0 Å². The van der Waals surface area contributed by atoms with Gasteiger partial charge in [-0.2, -0.15) is 0 Å². The minimum Gasteiger partial charge on any atom is -0.385 e. The first-order valence-electron chi connectivity index (χ1n) is 6.63. The lowest BCUT2D eigenvalue weighted by atomic mass is 9.93. The van der Waals surface area contributed by atoms with E-state index in [1.165, 1.54) is 4.90 Å². The summed E-state index contributed by atoms with van der Waals surface area (Å²) in [6.45, 7) is 2.74. The van der Waals surface area contributed by atoms with Gasteiger partial charge < -0.3 is 10.1 Å². The number of nitrogens with zero attached hydrogens (tertiary/aromatic N) is 2. The fourth-order valence-corrected chi connectivity index (χ4v) is 2.27. The molecule has 0 radical (unpaired) electrons. The van der Waals surface area contributed by atoms with Crippen molar-refractivity contribution < 1.29 is 14.3 Å². The average molecular weight is 277 g/mol. The van der Waals surface area contributed by atoms with Crippen molar-refractivity contribution >= 4 is 11.9 Å². The summed E-state index contributed by atoms with van der Waals surface area (Å²) in [5.74, 6) is -0.229. The van der Waals surface area contributed by atoms with E-state index in [9.17, 15) is 9.59 Å². The molecule has 108 valence electrons. The van der Waals surface area contributed by atoms with Gasteiger partial charge in [-0.3, -0.25) is 14.7 Å². The summed E-state index contributed by atoms with van der Waals surface area (Å²) < 4.78 is 4.96. The Kier molecular flexibility index (Phi) is 4.34. The summed E-state index contributed by atoms with van der Waals surface area (Å²) in [7, 11) is 1.63. The maximum absolute atomic E-state index is 12.5. The van der Waals surface area contributed by atoms with Gasteiger partial charge in [0.2, 0.25) is 0 Å². The number of imide groups is 1. The number of pyridine rings is 1. The van der Waals surface area contributed by atoms with Crippen LogP contribution in [0.4, 0.5) is 4.79 Å². The smallest absolute Gasteiger partial charge is 0.325 e. The second-order valence-electron chi connectivity index (χ2n) is 4.95. The Bertz CT molecular complexity index is 492. The summed E-state index contributed by atoms with van der Waals surface area (Å²) in [5, 5.41) is 2.75. The molecule has 20 heavy (non-hydrogen) atoms. The second kappa shape index (κ2) is 6.00. The fraction of sp³-hybridized carbons (Fsp3) is 0.500. The van der Waals surface area contributed by atoms with Crippen LogP contribution < -0.4 is 5.32 Å². The molecule has 1 aliphatic heterocycles. The van der Waals surface area contributed by atoms with Gasteiger partial charge in [0.25, 0.3) is 5.91 Å². The number of carbonyl (C=O) groups is 2. The number of ether oxygens (including phenoxy) is 1. The maximum atomic E-state index is 12.5. The van der Waals surface area contributed by atoms with Crippen molar-refractivity contribution in [2.24, 2.45) is 0 Å². The highest BCUT2D eigenvalue weighted by molar-refractivity contribution is 6.07. The number of carbonyl (C=O) groups excluding carboxylic acids is 2. The van der Waals surface area contributed by atoms with E-state index >= 15 is 0 Å². The molecular formula is C14H19N3O3. The molecule has 1 unspecified atom stereocenters. The van der Waals surface area contributed by atoms with Gasteiger partial charge in [0.05, 0.1) is 0 Å². The molecule has 0 bridgehead atoms. The lowest BCUT2D eigenvalue weighted by Crippen LogP contribution is -2.41. The van der Waals surface area contributed by atoms with Gasteiger partial charge >= 0.3 is 6.03 Å². The highest BCUT2D eigenvalue weighted by atomic mass is 16.5. The zero-order valence-electron chi connectivity index (χ0n) is 11.8. The Morgan fingerprint density at radius 2 is 2.20 bits per heavy atom. The summed E-state index contributed by atoms with van der Waals surface area (Å²) in [6.07, 6.45) is 4.79. The summed E-state index contributed by atoms with van der Waals surface area (Å²) in [6, 6.07) is 3.19. The quantitative estimate of drug-likeness (QED) is 0.628. The van der Waals surface area contributed by atoms with Crippen LogP contribution in [-0.4, -0.2) is 42.1 Å². The first-order valence-corrected chi connectivity index (χ1v) is 6.63. The van der Waals surface area contributed by atoms with Crippen LogP contribution in [0.1, 0.15) is 25.3 Å². The molecule has 0 aromatic carbocycles. The summed E-state index contributed by atoms with van der Waals surface area (Å²) >= 11 is 0. The van der Waals surface area contributed by atoms with Crippen molar-refractivity contribution in [3.05, 3.63) is 30.1 Å². The predicted octanol–water partition coefficient (Wildman–Crippen LogP) is 1.28. The minimum atomic E-state index is -1.02. The van der Waals surface area contributed by atoms with E-state index in [1.807, 2.05) is 0 Å². The van der Waals surface area contributed by atoms with E-state index < -0.39 is 5.54 Å². The SMILES string of the molecule is COCCCCN1C(=O)NC(C)(c2cccnc2)C1=O. The van der Waals surface area contributed by atoms with Crippen LogP contribution in [0.3, 0.4) is 0 Å². The van der Waals surface area contributed by atoms with Crippen LogP contribution in [0.2, 0.25) is 0 Å². The zero-order valence-corrected chi connectivity index (χ0v) is 11.8. The molecule has 0 spiro atoms. The maximum Gasteiger partial charge on any atom is 0.325 e. The molecular weight excluding hydrogens is 258 g/mol. The molecule has 0 aliphatic carbocycles. The number of hydrogen-bond acceptors (Lipinski definition) is 4.